The average molecular weight is 478 g/mol. The molecular formula is C30H23NO5. The highest BCUT2D eigenvalue weighted by atomic mass is 16.5. The van der Waals surface area contributed by atoms with E-state index < -0.39 is 5.97 Å². The second kappa shape index (κ2) is 7.47. The van der Waals surface area contributed by atoms with Crippen LogP contribution < -0.4 is 9.64 Å². The number of anilines is 1. The van der Waals surface area contributed by atoms with E-state index in [1.165, 1.54) is 17.9 Å². The van der Waals surface area contributed by atoms with E-state index >= 15 is 0 Å². The Bertz CT molecular complexity index is 1500. The zero-order valence-electron chi connectivity index (χ0n) is 19.6. The maximum atomic E-state index is 13.5. The number of ether oxygens (including phenoxy) is 1. The molecule has 1 saturated heterocycles. The number of Topliss-reactive ketones (excluding diaryl/α,β-unsaturated/α-hetero) is 1. The van der Waals surface area contributed by atoms with Crippen LogP contribution in [0.25, 0.3) is 10.8 Å². The van der Waals surface area contributed by atoms with Gasteiger partial charge in [-0.05, 0) is 66.7 Å². The van der Waals surface area contributed by atoms with Crippen molar-refractivity contribution in [3.05, 3.63) is 83.9 Å². The van der Waals surface area contributed by atoms with Crippen molar-refractivity contribution >= 4 is 40.0 Å². The number of imide groups is 1. The van der Waals surface area contributed by atoms with Crippen LogP contribution in [0.4, 0.5) is 5.69 Å². The molecule has 0 unspecified atom stereocenters. The fourth-order valence-electron chi connectivity index (χ4n) is 6.77. The molecule has 6 nitrogen and oxygen atoms in total. The van der Waals surface area contributed by atoms with Crippen molar-refractivity contribution in [2.45, 2.75) is 13.3 Å². The zero-order valence-corrected chi connectivity index (χ0v) is 19.6. The Kier molecular flexibility index (Phi) is 4.41. The van der Waals surface area contributed by atoms with Gasteiger partial charge in [-0.2, -0.15) is 0 Å². The second-order valence-electron chi connectivity index (χ2n) is 10.3. The zero-order chi connectivity index (χ0) is 24.7. The predicted octanol–water partition coefficient (Wildman–Crippen LogP) is 4.82. The first-order chi connectivity index (χ1) is 17.4. The number of ketones is 1. The normalized spacial score (nSPS) is 29.3. The lowest BCUT2D eigenvalue weighted by atomic mass is 9.63. The van der Waals surface area contributed by atoms with Gasteiger partial charge in [-0.1, -0.05) is 48.6 Å². The SMILES string of the molecule is CC(=O)c1ccc2ccccc2c1OC(=O)c1cccc(N2C(=O)[C@@H]3[C@H]4C=C[C@@H]([C@@H]5C[C@H]45)[C@H]3C2=O)c1. The van der Waals surface area contributed by atoms with Crippen molar-refractivity contribution in [1.82, 2.24) is 0 Å². The van der Waals surface area contributed by atoms with Crippen LogP contribution in [0.1, 0.15) is 34.1 Å². The molecule has 4 aliphatic carbocycles. The van der Waals surface area contributed by atoms with Crippen molar-refractivity contribution < 1.29 is 23.9 Å². The fraction of sp³-hybridized carbons (Fsp3) is 0.267. The second-order valence-corrected chi connectivity index (χ2v) is 10.3. The van der Waals surface area contributed by atoms with E-state index in [4.69, 9.17) is 4.74 Å². The van der Waals surface area contributed by atoms with Gasteiger partial charge in [0.05, 0.1) is 28.7 Å². The number of rotatable bonds is 4. The molecule has 2 amide bonds. The van der Waals surface area contributed by atoms with E-state index in [1.54, 1.807) is 30.3 Å². The summed E-state index contributed by atoms with van der Waals surface area (Å²) in [7, 11) is 0. The maximum Gasteiger partial charge on any atom is 0.343 e. The molecular weight excluding hydrogens is 454 g/mol. The topological polar surface area (TPSA) is 80.8 Å². The minimum Gasteiger partial charge on any atom is -0.421 e. The summed E-state index contributed by atoms with van der Waals surface area (Å²) in [6.07, 6.45) is 5.38. The Balaban J connectivity index is 1.21. The van der Waals surface area contributed by atoms with Crippen LogP contribution in [0.2, 0.25) is 0 Å². The molecule has 3 fully saturated rings. The maximum absolute atomic E-state index is 13.5. The van der Waals surface area contributed by atoms with E-state index in [0.29, 0.717) is 28.5 Å². The molecule has 3 aromatic carbocycles. The minimum absolute atomic E-state index is 0.135. The number of carbonyl (C=O) groups is 4. The summed E-state index contributed by atoms with van der Waals surface area (Å²) >= 11 is 0. The first-order valence-corrected chi connectivity index (χ1v) is 12.3. The van der Waals surface area contributed by atoms with Gasteiger partial charge in [0.15, 0.2) is 5.78 Å². The molecule has 1 aliphatic heterocycles. The number of esters is 1. The van der Waals surface area contributed by atoms with Crippen LogP contribution in [-0.2, 0) is 9.59 Å². The molecule has 36 heavy (non-hydrogen) atoms. The van der Waals surface area contributed by atoms with Crippen LogP contribution in [0.5, 0.6) is 5.75 Å². The third-order valence-corrected chi connectivity index (χ3v) is 8.46. The van der Waals surface area contributed by atoms with Gasteiger partial charge in [-0.25, -0.2) is 9.69 Å². The highest BCUT2D eigenvalue weighted by molar-refractivity contribution is 6.23. The number of hydrogen-bond donors (Lipinski definition) is 0. The predicted molar refractivity (Wildman–Crippen MR) is 133 cm³/mol. The Labute approximate surface area is 207 Å². The van der Waals surface area contributed by atoms with Gasteiger partial charge in [0, 0.05) is 5.39 Å². The third-order valence-electron chi connectivity index (χ3n) is 8.46. The standard InChI is InChI=1S/C30H23NO5/c1-15(32)19-10-9-16-5-2-3-8-20(16)27(19)36-30(35)17-6-4-7-18(13-17)31-28(33)25-21-11-12-22(24-14-23(21)24)26(25)29(31)34/h2-13,21-26H,14H2,1H3/t21-,22-,23-,24+,25+,26+/m0/s1. The number of hydrogen-bond acceptors (Lipinski definition) is 5. The monoisotopic (exact) mass is 477 g/mol. The third kappa shape index (κ3) is 2.90. The fourth-order valence-corrected chi connectivity index (χ4v) is 6.77. The van der Waals surface area contributed by atoms with Crippen molar-refractivity contribution in [3.8, 4) is 5.75 Å². The number of amides is 2. The summed E-state index contributed by atoms with van der Waals surface area (Å²) in [6, 6.07) is 17.3. The van der Waals surface area contributed by atoms with E-state index in [-0.39, 0.29) is 52.6 Å². The summed E-state index contributed by atoms with van der Waals surface area (Å²) in [5.41, 5.74) is 0.898. The summed E-state index contributed by atoms with van der Waals surface area (Å²) in [6.45, 7) is 1.43. The highest BCUT2D eigenvalue weighted by Crippen LogP contribution is 2.65. The molecule has 5 aliphatic rings. The van der Waals surface area contributed by atoms with Gasteiger partial charge < -0.3 is 4.74 Å². The van der Waals surface area contributed by atoms with Gasteiger partial charge in [-0.3, -0.25) is 14.4 Å². The summed E-state index contributed by atoms with van der Waals surface area (Å²) < 4.78 is 5.78. The Hall–Kier alpha value is -4.06. The molecule has 1 heterocycles. The smallest absolute Gasteiger partial charge is 0.343 e. The quantitative estimate of drug-likeness (QED) is 0.177. The molecule has 3 aromatic rings. The van der Waals surface area contributed by atoms with Gasteiger partial charge in [0.2, 0.25) is 11.8 Å². The largest absolute Gasteiger partial charge is 0.421 e. The van der Waals surface area contributed by atoms with Gasteiger partial charge in [-0.15, -0.1) is 0 Å². The molecule has 0 aromatic heterocycles. The van der Waals surface area contributed by atoms with Crippen LogP contribution >= 0.6 is 0 Å². The summed E-state index contributed by atoms with van der Waals surface area (Å²) in [5.74, 6) is -0.303. The van der Waals surface area contributed by atoms with Crippen molar-refractivity contribution in [2.75, 3.05) is 4.90 Å². The highest BCUT2D eigenvalue weighted by Gasteiger charge is 2.67. The van der Waals surface area contributed by atoms with Crippen LogP contribution in [0, 0.1) is 35.5 Å². The van der Waals surface area contributed by atoms with E-state index in [0.717, 1.165) is 11.8 Å². The van der Waals surface area contributed by atoms with Crippen molar-refractivity contribution in [3.63, 3.8) is 0 Å². The molecule has 6 heteroatoms. The lowest BCUT2D eigenvalue weighted by Gasteiger charge is -2.37. The first kappa shape index (κ1) is 21.2. The van der Waals surface area contributed by atoms with Crippen molar-refractivity contribution in [1.29, 1.82) is 0 Å². The van der Waals surface area contributed by atoms with Gasteiger partial charge in [0.25, 0.3) is 0 Å². The summed E-state index contributed by atoms with van der Waals surface area (Å²) in [5, 5.41) is 1.50. The number of benzene rings is 3. The van der Waals surface area contributed by atoms with E-state index in [1.807, 2.05) is 24.3 Å². The minimum atomic E-state index is -0.657. The van der Waals surface area contributed by atoms with Gasteiger partial charge >= 0.3 is 5.97 Å². The average Bonchev–Trinajstić information content (AvgIpc) is 3.67. The lowest BCUT2D eigenvalue weighted by molar-refractivity contribution is -0.124. The van der Waals surface area contributed by atoms with E-state index in [9.17, 15) is 19.2 Å². The molecule has 8 rings (SSSR count). The Morgan fingerprint density at radius 1 is 0.861 bits per heavy atom. The Morgan fingerprint density at radius 2 is 1.56 bits per heavy atom. The lowest BCUT2D eigenvalue weighted by Crippen LogP contribution is -2.40. The van der Waals surface area contributed by atoms with E-state index in [2.05, 4.69) is 12.2 Å². The number of carbonyl (C=O) groups excluding carboxylic acids is 4. The van der Waals surface area contributed by atoms with Crippen LogP contribution in [0.3, 0.4) is 0 Å². The molecule has 0 N–H and O–H groups in total. The first-order valence-electron chi connectivity index (χ1n) is 12.3. The molecule has 0 spiro atoms. The van der Waals surface area contributed by atoms with Crippen LogP contribution in [-0.4, -0.2) is 23.6 Å². The molecule has 0 radical (unpaired) electrons. The number of fused-ring (bicyclic) bond motifs is 1. The molecule has 2 bridgehead atoms. The summed E-state index contributed by atoms with van der Waals surface area (Å²) in [4.78, 5) is 53.7. The number of allylic oxidation sites excluding steroid dienone is 2. The molecule has 178 valence electrons. The number of nitrogens with zero attached hydrogens (tertiary/aromatic N) is 1. The Morgan fingerprint density at radius 3 is 2.25 bits per heavy atom. The van der Waals surface area contributed by atoms with Gasteiger partial charge in [0.1, 0.15) is 5.75 Å². The van der Waals surface area contributed by atoms with Crippen LogP contribution in [0.15, 0.2) is 72.8 Å². The van der Waals surface area contributed by atoms with Crippen molar-refractivity contribution in [2.24, 2.45) is 35.5 Å². The molecule has 6 atom stereocenters. The molecule has 2 saturated carbocycles.